The van der Waals surface area contributed by atoms with Gasteiger partial charge in [0.1, 0.15) is 0 Å². The van der Waals surface area contributed by atoms with E-state index < -0.39 is 0 Å². The summed E-state index contributed by atoms with van der Waals surface area (Å²) in [6, 6.07) is 0. The van der Waals surface area contributed by atoms with Gasteiger partial charge in [0.05, 0.1) is 6.10 Å². The first-order valence-corrected chi connectivity index (χ1v) is 13.3. The number of fused-ring (bicyclic) bond motifs is 7. The van der Waals surface area contributed by atoms with Crippen LogP contribution in [0.4, 0.5) is 0 Å². The van der Waals surface area contributed by atoms with Crippen molar-refractivity contribution < 1.29 is 5.11 Å². The van der Waals surface area contributed by atoms with E-state index in [-0.39, 0.29) is 11.5 Å². The Labute approximate surface area is 186 Å². The monoisotopic (exact) mass is 412 g/mol. The van der Waals surface area contributed by atoms with Gasteiger partial charge in [0, 0.05) is 0 Å². The van der Waals surface area contributed by atoms with E-state index in [0.717, 1.165) is 36.0 Å². The van der Waals surface area contributed by atoms with Crippen molar-refractivity contribution in [3.05, 3.63) is 12.2 Å². The van der Waals surface area contributed by atoms with Gasteiger partial charge in [0.2, 0.25) is 0 Å². The fraction of sp³-hybridized carbons (Fsp3) is 0.931. The predicted molar refractivity (Wildman–Crippen MR) is 126 cm³/mol. The van der Waals surface area contributed by atoms with Crippen molar-refractivity contribution in [1.29, 1.82) is 0 Å². The van der Waals surface area contributed by atoms with Crippen LogP contribution in [-0.2, 0) is 0 Å². The largest absolute Gasteiger partial charge is 0.393 e. The maximum atomic E-state index is 10.9. The van der Waals surface area contributed by atoms with Gasteiger partial charge in [-0.25, -0.2) is 0 Å². The Morgan fingerprint density at radius 1 is 0.767 bits per heavy atom. The fourth-order valence-corrected chi connectivity index (χ4v) is 11.2. The summed E-state index contributed by atoms with van der Waals surface area (Å²) in [5, 5.41) is 10.9. The Hall–Kier alpha value is -0.300. The molecule has 0 aromatic heterocycles. The Morgan fingerprint density at radius 2 is 1.47 bits per heavy atom. The van der Waals surface area contributed by atoms with Crippen LogP contribution in [0.2, 0.25) is 0 Å². The van der Waals surface area contributed by atoms with Crippen LogP contribution in [0.5, 0.6) is 0 Å². The third-order valence-corrected chi connectivity index (χ3v) is 12.9. The van der Waals surface area contributed by atoms with E-state index in [0.29, 0.717) is 22.2 Å². The zero-order valence-corrected chi connectivity index (χ0v) is 20.8. The number of hydrogen-bond donors (Lipinski definition) is 1. The third kappa shape index (κ3) is 2.51. The van der Waals surface area contributed by atoms with Crippen molar-refractivity contribution in [2.75, 3.05) is 0 Å². The standard InChI is InChI=1S/C29H48O/c1-18(2)20-9-8-19-12-16-28(6)21(25(19)20)10-11-23-27(5)15-14-24(30)26(3,4)22(27)13-17-29(23,28)7/h19-25,30H,1,8-17H2,2-7H3/t19?,20?,21?,22?,23?,24-,25?,27-,28+,29+/m0/s1. The summed E-state index contributed by atoms with van der Waals surface area (Å²) < 4.78 is 0. The normalized spacial score (nSPS) is 57.0. The maximum absolute atomic E-state index is 10.9. The van der Waals surface area contributed by atoms with Crippen molar-refractivity contribution >= 4 is 0 Å². The second-order valence-corrected chi connectivity index (χ2v) is 14.0. The average Bonchev–Trinajstić information content (AvgIpc) is 3.10. The highest BCUT2D eigenvalue weighted by atomic mass is 16.3. The number of hydrogen-bond acceptors (Lipinski definition) is 1. The Kier molecular flexibility index (Phi) is 4.75. The van der Waals surface area contributed by atoms with Crippen molar-refractivity contribution in [3.8, 4) is 0 Å². The summed E-state index contributed by atoms with van der Waals surface area (Å²) in [5.41, 5.74) is 2.90. The molecule has 0 saturated heterocycles. The molecule has 0 bridgehead atoms. The molecule has 0 spiro atoms. The summed E-state index contributed by atoms with van der Waals surface area (Å²) in [6.07, 6.45) is 13.5. The minimum Gasteiger partial charge on any atom is -0.393 e. The first-order chi connectivity index (χ1) is 14.0. The van der Waals surface area contributed by atoms with Gasteiger partial charge >= 0.3 is 0 Å². The van der Waals surface area contributed by atoms with Crippen LogP contribution in [0.15, 0.2) is 12.2 Å². The van der Waals surface area contributed by atoms with Crippen LogP contribution in [0, 0.1) is 57.2 Å². The lowest BCUT2D eigenvalue weighted by molar-refractivity contribution is -0.240. The summed E-state index contributed by atoms with van der Waals surface area (Å²) in [6.45, 7) is 19.6. The van der Waals surface area contributed by atoms with E-state index in [2.05, 4.69) is 48.1 Å². The van der Waals surface area contributed by atoms with Crippen LogP contribution >= 0.6 is 0 Å². The number of allylic oxidation sites excluding steroid dienone is 1. The molecule has 0 aliphatic heterocycles. The van der Waals surface area contributed by atoms with Gasteiger partial charge in [-0.05, 0) is 128 Å². The number of aliphatic hydroxyl groups excluding tert-OH is 1. The predicted octanol–water partition coefficient (Wildman–Crippen LogP) is 7.63. The fourth-order valence-electron chi connectivity index (χ4n) is 11.2. The third-order valence-electron chi connectivity index (χ3n) is 12.9. The molecule has 0 radical (unpaired) electrons. The van der Waals surface area contributed by atoms with E-state index in [1.165, 1.54) is 63.4 Å². The Balaban J connectivity index is 1.53. The van der Waals surface area contributed by atoms with Gasteiger partial charge in [-0.1, -0.05) is 46.8 Å². The molecule has 170 valence electrons. The van der Waals surface area contributed by atoms with Gasteiger partial charge < -0.3 is 5.11 Å². The molecule has 0 heterocycles. The summed E-state index contributed by atoms with van der Waals surface area (Å²) in [7, 11) is 0. The molecule has 0 aromatic rings. The molecule has 1 heteroatoms. The highest BCUT2D eigenvalue weighted by Gasteiger charge is 2.68. The zero-order chi connectivity index (χ0) is 21.7. The Morgan fingerprint density at radius 3 is 2.17 bits per heavy atom. The van der Waals surface area contributed by atoms with E-state index in [1.54, 1.807) is 0 Å². The molecule has 5 fully saturated rings. The molecular formula is C29H48O. The van der Waals surface area contributed by atoms with Crippen LogP contribution in [-0.4, -0.2) is 11.2 Å². The molecule has 5 aliphatic carbocycles. The van der Waals surface area contributed by atoms with Crippen molar-refractivity contribution in [2.45, 2.75) is 112 Å². The van der Waals surface area contributed by atoms with Crippen molar-refractivity contribution in [2.24, 2.45) is 57.2 Å². The smallest absolute Gasteiger partial charge is 0.0594 e. The van der Waals surface area contributed by atoms with Gasteiger partial charge in [-0.2, -0.15) is 0 Å². The van der Waals surface area contributed by atoms with E-state index in [1.807, 2.05) is 0 Å². The molecule has 0 aromatic carbocycles. The maximum Gasteiger partial charge on any atom is 0.0594 e. The van der Waals surface area contributed by atoms with E-state index in [4.69, 9.17) is 0 Å². The van der Waals surface area contributed by atoms with E-state index >= 15 is 0 Å². The molecule has 1 N–H and O–H groups in total. The van der Waals surface area contributed by atoms with Gasteiger partial charge in [0.25, 0.3) is 0 Å². The number of rotatable bonds is 1. The zero-order valence-electron chi connectivity index (χ0n) is 20.8. The van der Waals surface area contributed by atoms with Crippen LogP contribution < -0.4 is 0 Å². The molecule has 0 amide bonds. The lowest BCUT2D eigenvalue weighted by atomic mass is 9.33. The lowest BCUT2D eigenvalue weighted by Gasteiger charge is -2.72. The van der Waals surface area contributed by atoms with E-state index in [9.17, 15) is 5.11 Å². The van der Waals surface area contributed by atoms with Gasteiger partial charge in [0.15, 0.2) is 0 Å². The highest BCUT2D eigenvalue weighted by Crippen LogP contribution is 2.76. The summed E-state index contributed by atoms with van der Waals surface area (Å²) in [4.78, 5) is 0. The summed E-state index contributed by atoms with van der Waals surface area (Å²) in [5.74, 6) is 5.09. The molecule has 5 aliphatic rings. The Bertz CT molecular complexity index is 722. The van der Waals surface area contributed by atoms with Crippen molar-refractivity contribution in [3.63, 3.8) is 0 Å². The minimum absolute atomic E-state index is 0.0697. The minimum atomic E-state index is -0.114. The topological polar surface area (TPSA) is 20.2 Å². The van der Waals surface area contributed by atoms with Gasteiger partial charge in [-0.15, -0.1) is 0 Å². The molecule has 6 unspecified atom stereocenters. The number of aliphatic hydroxyl groups is 1. The molecule has 10 atom stereocenters. The molecule has 5 saturated carbocycles. The van der Waals surface area contributed by atoms with Crippen LogP contribution in [0.3, 0.4) is 0 Å². The second kappa shape index (κ2) is 6.61. The van der Waals surface area contributed by atoms with Crippen LogP contribution in [0.1, 0.15) is 106 Å². The average molecular weight is 413 g/mol. The first kappa shape index (κ1) is 21.5. The van der Waals surface area contributed by atoms with Crippen LogP contribution in [0.25, 0.3) is 0 Å². The summed E-state index contributed by atoms with van der Waals surface area (Å²) >= 11 is 0. The lowest BCUT2D eigenvalue weighted by Crippen LogP contribution is -2.65. The highest BCUT2D eigenvalue weighted by molar-refractivity contribution is 5.19. The van der Waals surface area contributed by atoms with Crippen molar-refractivity contribution in [1.82, 2.24) is 0 Å². The van der Waals surface area contributed by atoms with Gasteiger partial charge in [-0.3, -0.25) is 0 Å². The quantitative estimate of drug-likeness (QED) is 0.439. The molecular weight excluding hydrogens is 364 g/mol. The SMILES string of the molecule is C=C(C)C1CCC2CC[C@]3(C)C(CCC4[C@@]5(C)CC[C@H](O)C(C)(C)C5CC[C@]43C)C21. The molecule has 5 rings (SSSR count). The molecule has 1 nitrogen and oxygen atoms in total. The second-order valence-electron chi connectivity index (χ2n) is 14.0. The molecule has 30 heavy (non-hydrogen) atoms. The first-order valence-electron chi connectivity index (χ1n) is 13.3.